The van der Waals surface area contributed by atoms with Crippen molar-refractivity contribution >= 4 is 37.2 Å². The molecule has 2 aromatic heterocycles. The van der Waals surface area contributed by atoms with Gasteiger partial charge in [0.05, 0.1) is 25.6 Å². The number of alkyl halides is 3. The van der Waals surface area contributed by atoms with E-state index in [0.29, 0.717) is 4.88 Å². The van der Waals surface area contributed by atoms with E-state index in [9.17, 15) is 26.4 Å². The molecule has 170 valence electrons. The Balaban J connectivity index is 1.37. The first-order valence-electron chi connectivity index (χ1n) is 10.2. The number of aromatic nitrogens is 1. The molecule has 0 unspecified atom stereocenters. The summed E-state index contributed by atoms with van der Waals surface area (Å²) >= 11 is 1.34. The van der Waals surface area contributed by atoms with Crippen molar-refractivity contribution in [2.75, 3.05) is 0 Å². The van der Waals surface area contributed by atoms with Gasteiger partial charge in [0.1, 0.15) is 0 Å². The van der Waals surface area contributed by atoms with Crippen molar-refractivity contribution in [3.05, 3.63) is 59.2 Å². The molecule has 1 fully saturated rings. The van der Waals surface area contributed by atoms with Crippen LogP contribution in [0, 0.1) is 5.92 Å². The van der Waals surface area contributed by atoms with E-state index in [1.165, 1.54) is 23.5 Å². The van der Waals surface area contributed by atoms with Crippen molar-refractivity contribution in [1.82, 2.24) is 10.3 Å². The lowest BCUT2D eigenvalue weighted by atomic mass is 9.88. The Morgan fingerprint density at radius 2 is 1.78 bits per heavy atom. The molecular weight excluding hydrogens is 461 g/mol. The first kappa shape index (κ1) is 22.7. The molecule has 0 radical (unpaired) electrons. The van der Waals surface area contributed by atoms with Gasteiger partial charge in [0.25, 0.3) is 5.91 Å². The fourth-order valence-corrected chi connectivity index (χ4v) is 6.69. The quantitative estimate of drug-likeness (QED) is 0.548. The van der Waals surface area contributed by atoms with Crippen LogP contribution in [0.1, 0.15) is 40.9 Å². The lowest BCUT2D eigenvalue weighted by Gasteiger charge is -2.29. The van der Waals surface area contributed by atoms with Gasteiger partial charge in [-0.1, -0.05) is 12.1 Å². The minimum Gasteiger partial charge on any atom is -0.347 e. The Morgan fingerprint density at radius 1 is 1.09 bits per heavy atom. The summed E-state index contributed by atoms with van der Waals surface area (Å²) in [5.74, 6) is -1.65. The summed E-state index contributed by atoms with van der Waals surface area (Å²) in [5, 5.41) is 2.95. The van der Waals surface area contributed by atoms with Gasteiger partial charge in [-0.15, -0.1) is 11.3 Å². The molecule has 1 aliphatic rings. The summed E-state index contributed by atoms with van der Waals surface area (Å²) in [6.45, 7) is 0.225. The number of carbonyl (C=O) groups is 1. The van der Waals surface area contributed by atoms with E-state index in [4.69, 9.17) is 0 Å². The maximum Gasteiger partial charge on any atom is 0.391 e. The number of benzene rings is 1. The third-order valence-corrected chi connectivity index (χ3v) is 9.19. The van der Waals surface area contributed by atoms with Crippen LogP contribution in [-0.4, -0.2) is 30.7 Å². The Morgan fingerprint density at radius 3 is 2.41 bits per heavy atom. The zero-order valence-corrected chi connectivity index (χ0v) is 18.6. The maximum atomic E-state index is 12.8. The molecule has 1 saturated carbocycles. The highest BCUT2D eigenvalue weighted by atomic mass is 32.2. The number of amides is 1. The number of sulfone groups is 1. The highest BCUT2D eigenvalue weighted by molar-refractivity contribution is 7.92. The van der Waals surface area contributed by atoms with E-state index < -0.39 is 27.2 Å². The lowest BCUT2D eigenvalue weighted by Crippen LogP contribution is -2.33. The molecule has 4 rings (SSSR count). The predicted octanol–water partition coefficient (Wildman–Crippen LogP) is 5.12. The smallest absolute Gasteiger partial charge is 0.347 e. The number of carbonyl (C=O) groups excluding carboxylic acids is 1. The largest absolute Gasteiger partial charge is 0.391 e. The zero-order chi connectivity index (χ0) is 22.9. The Labute approximate surface area is 187 Å². The zero-order valence-electron chi connectivity index (χ0n) is 16.9. The molecule has 0 atom stereocenters. The molecule has 0 spiro atoms. The topological polar surface area (TPSA) is 76.1 Å². The van der Waals surface area contributed by atoms with Crippen LogP contribution in [0.5, 0.6) is 0 Å². The number of nitrogens with zero attached hydrogens (tertiary/aromatic N) is 1. The number of pyridine rings is 1. The van der Waals surface area contributed by atoms with Gasteiger partial charge in [-0.2, -0.15) is 13.2 Å². The predicted molar refractivity (Wildman–Crippen MR) is 116 cm³/mol. The van der Waals surface area contributed by atoms with Crippen LogP contribution >= 0.6 is 11.3 Å². The van der Waals surface area contributed by atoms with Crippen LogP contribution in [-0.2, 0) is 16.4 Å². The second-order valence-corrected chi connectivity index (χ2v) is 11.2. The third-order valence-electron chi connectivity index (χ3n) is 5.83. The van der Waals surface area contributed by atoms with E-state index in [-0.39, 0.29) is 43.0 Å². The van der Waals surface area contributed by atoms with E-state index in [1.54, 1.807) is 30.6 Å². The maximum absolute atomic E-state index is 12.8. The normalized spacial score (nSPS) is 19.7. The molecule has 1 N–H and O–H groups in total. The van der Waals surface area contributed by atoms with Gasteiger partial charge in [0.2, 0.25) is 0 Å². The monoisotopic (exact) mass is 482 g/mol. The minimum absolute atomic E-state index is 0.00893. The first-order chi connectivity index (χ1) is 15.1. The third kappa shape index (κ3) is 4.80. The summed E-state index contributed by atoms with van der Waals surface area (Å²) in [7, 11) is -3.70. The van der Waals surface area contributed by atoms with Crippen LogP contribution in [0.25, 0.3) is 10.1 Å². The van der Waals surface area contributed by atoms with Crippen LogP contribution in [0.4, 0.5) is 13.2 Å². The summed E-state index contributed by atoms with van der Waals surface area (Å²) in [6.07, 6.45) is -1.21. The minimum atomic E-state index is -4.27. The van der Waals surface area contributed by atoms with Gasteiger partial charge in [-0.05, 0) is 60.9 Å². The highest BCUT2D eigenvalue weighted by Crippen LogP contribution is 2.40. The average Bonchev–Trinajstić information content (AvgIpc) is 3.22. The number of hydrogen-bond donors (Lipinski definition) is 1. The molecule has 3 aromatic rings. The van der Waals surface area contributed by atoms with Crippen molar-refractivity contribution in [2.24, 2.45) is 5.92 Å². The molecule has 0 bridgehead atoms. The lowest BCUT2D eigenvalue weighted by molar-refractivity contribution is -0.181. The number of halogens is 3. The van der Waals surface area contributed by atoms with Gasteiger partial charge >= 0.3 is 6.18 Å². The van der Waals surface area contributed by atoms with Crippen molar-refractivity contribution in [3.8, 4) is 0 Å². The molecule has 0 aliphatic heterocycles. The fourth-order valence-electron chi connectivity index (χ4n) is 3.96. The van der Waals surface area contributed by atoms with Gasteiger partial charge in [-0.3, -0.25) is 9.78 Å². The van der Waals surface area contributed by atoms with E-state index in [1.807, 2.05) is 6.07 Å². The average molecular weight is 483 g/mol. The summed E-state index contributed by atoms with van der Waals surface area (Å²) in [4.78, 5) is 17.1. The number of nitrogens with one attached hydrogen (secondary N) is 1. The van der Waals surface area contributed by atoms with Crippen LogP contribution in [0.15, 0.2) is 53.7 Å². The molecule has 1 aromatic carbocycles. The van der Waals surface area contributed by atoms with Gasteiger partial charge < -0.3 is 5.32 Å². The molecular formula is C22H21F3N2O3S2. The number of fused-ring (bicyclic) bond motifs is 1. The van der Waals surface area contributed by atoms with Crippen molar-refractivity contribution in [3.63, 3.8) is 0 Å². The molecule has 2 heterocycles. The molecule has 5 nitrogen and oxygen atoms in total. The number of thiophene rings is 1. The van der Waals surface area contributed by atoms with Gasteiger partial charge in [0, 0.05) is 18.9 Å². The van der Waals surface area contributed by atoms with Crippen LogP contribution in [0.3, 0.4) is 0 Å². The molecule has 32 heavy (non-hydrogen) atoms. The van der Waals surface area contributed by atoms with Gasteiger partial charge in [0.15, 0.2) is 9.84 Å². The van der Waals surface area contributed by atoms with E-state index in [2.05, 4.69) is 10.3 Å². The van der Waals surface area contributed by atoms with Crippen molar-refractivity contribution in [2.45, 2.75) is 48.5 Å². The second-order valence-electron chi connectivity index (χ2n) is 7.91. The van der Waals surface area contributed by atoms with E-state index in [0.717, 1.165) is 15.6 Å². The summed E-state index contributed by atoms with van der Waals surface area (Å²) in [6, 6.07) is 9.76. The van der Waals surface area contributed by atoms with Crippen LogP contribution in [0.2, 0.25) is 0 Å². The standard InChI is InChI=1S/C22H21F3N2O3S2/c23-22(24,25)16-3-7-18(8-4-16)32(29,30)17-5-1-14(2-6-17)12-27-21(28)19-11-15-9-10-26-13-20(15)31-19/h1-2,5-6,9-11,13,16,18H,3-4,7-8,12H2,(H,27,28). The van der Waals surface area contributed by atoms with E-state index >= 15 is 0 Å². The summed E-state index contributed by atoms with van der Waals surface area (Å²) < 4.78 is 65.1. The summed E-state index contributed by atoms with van der Waals surface area (Å²) in [5.41, 5.74) is 0.723. The van der Waals surface area contributed by atoms with Crippen molar-refractivity contribution < 1.29 is 26.4 Å². The van der Waals surface area contributed by atoms with Crippen LogP contribution < -0.4 is 5.32 Å². The molecule has 1 aliphatic carbocycles. The Kier molecular flexibility index (Phi) is 6.26. The second kappa shape index (κ2) is 8.82. The molecule has 1 amide bonds. The highest BCUT2D eigenvalue weighted by Gasteiger charge is 2.43. The fraction of sp³-hybridized carbons (Fsp3) is 0.364. The number of hydrogen-bond acceptors (Lipinski definition) is 5. The van der Waals surface area contributed by atoms with Crippen molar-refractivity contribution in [1.29, 1.82) is 0 Å². The molecule has 10 heteroatoms. The Bertz CT molecular complexity index is 1180. The Hall–Kier alpha value is -2.46. The number of rotatable bonds is 5. The van der Waals surface area contributed by atoms with Gasteiger partial charge in [-0.25, -0.2) is 8.42 Å². The first-order valence-corrected chi connectivity index (χ1v) is 12.5. The SMILES string of the molecule is O=C(NCc1ccc(S(=O)(=O)C2CCC(C(F)(F)F)CC2)cc1)c1cc2ccncc2s1. The molecule has 0 saturated heterocycles.